The van der Waals surface area contributed by atoms with Gasteiger partial charge in [-0.05, 0) is 55.6 Å². The van der Waals surface area contributed by atoms with Crippen LogP contribution in [0.1, 0.15) is 36.3 Å². The van der Waals surface area contributed by atoms with E-state index in [-0.39, 0.29) is 25.4 Å². The number of amides is 2. The lowest BCUT2D eigenvalue weighted by Gasteiger charge is -2.22. The topological polar surface area (TPSA) is 108 Å². The average molecular weight is 480 g/mol. The van der Waals surface area contributed by atoms with Gasteiger partial charge in [0.1, 0.15) is 18.7 Å². The molecule has 0 radical (unpaired) electrons. The van der Waals surface area contributed by atoms with Crippen LogP contribution in [0.4, 0.5) is 4.79 Å². The Labute approximate surface area is 206 Å². The van der Waals surface area contributed by atoms with E-state index in [1.165, 1.54) is 0 Å². The Morgan fingerprint density at radius 3 is 2.14 bits per heavy atom. The molecule has 1 aliphatic rings. The number of rotatable bonds is 12. The molecule has 0 aromatic heterocycles. The molecule has 0 spiro atoms. The smallest absolute Gasteiger partial charge is 0.407 e. The van der Waals surface area contributed by atoms with Gasteiger partial charge in [-0.1, -0.05) is 54.6 Å². The Kier molecular flexibility index (Phi) is 9.03. The SMILES string of the molecule is C=CCCC(NC(=O)OCC1c2ccccc2-c2ccccc21)C(=O)NC(CCN(C)C)C(=O)O. The van der Waals surface area contributed by atoms with Crippen molar-refractivity contribution in [2.45, 2.75) is 37.3 Å². The standard InChI is InChI=1S/C27H33N3O5/c1-4-5-14-23(25(31)28-24(26(32)33)15-16-30(2)3)29-27(34)35-17-22-20-12-8-6-10-18(20)19-11-7-9-13-21(19)22/h4,6-13,22-24H,1,5,14-17H2,2-3H3,(H,28,31)(H,29,34)(H,32,33). The number of hydrogen-bond donors (Lipinski definition) is 3. The first-order valence-corrected chi connectivity index (χ1v) is 11.7. The number of fused-ring (bicyclic) bond motifs is 3. The van der Waals surface area contributed by atoms with Crippen molar-refractivity contribution >= 4 is 18.0 Å². The molecular formula is C27H33N3O5. The van der Waals surface area contributed by atoms with Crippen molar-refractivity contribution in [1.29, 1.82) is 0 Å². The fourth-order valence-corrected chi connectivity index (χ4v) is 4.25. The van der Waals surface area contributed by atoms with Gasteiger partial charge in [0, 0.05) is 12.5 Å². The Bertz CT molecular complexity index is 1020. The number of aliphatic carboxylic acids is 1. The van der Waals surface area contributed by atoms with Crippen molar-refractivity contribution in [2.24, 2.45) is 0 Å². The van der Waals surface area contributed by atoms with Crippen molar-refractivity contribution in [3.05, 3.63) is 72.3 Å². The second-order valence-electron chi connectivity index (χ2n) is 8.88. The largest absolute Gasteiger partial charge is 0.480 e. The lowest BCUT2D eigenvalue weighted by molar-refractivity contribution is -0.142. The van der Waals surface area contributed by atoms with Crippen LogP contribution in [-0.2, 0) is 14.3 Å². The van der Waals surface area contributed by atoms with Gasteiger partial charge in [-0.2, -0.15) is 0 Å². The van der Waals surface area contributed by atoms with E-state index in [0.717, 1.165) is 22.3 Å². The summed E-state index contributed by atoms with van der Waals surface area (Å²) in [5, 5.41) is 14.6. The van der Waals surface area contributed by atoms with Gasteiger partial charge in [-0.3, -0.25) is 4.79 Å². The van der Waals surface area contributed by atoms with E-state index in [9.17, 15) is 19.5 Å². The highest BCUT2D eigenvalue weighted by atomic mass is 16.5. The first kappa shape index (κ1) is 26.0. The zero-order valence-corrected chi connectivity index (χ0v) is 20.2. The predicted molar refractivity (Wildman–Crippen MR) is 134 cm³/mol. The van der Waals surface area contributed by atoms with Crippen LogP contribution in [0.2, 0.25) is 0 Å². The molecule has 3 rings (SSSR count). The van der Waals surface area contributed by atoms with Crippen LogP contribution in [-0.4, -0.2) is 67.3 Å². The molecule has 0 saturated heterocycles. The summed E-state index contributed by atoms with van der Waals surface area (Å²) >= 11 is 0. The highest BCUT2D eigenvalue weighted by Gasteiger charge is 2.30. The van der Waals surface area contributed by atoms with Crippen molar-refractivity contribution < 1.29 is 24.2 Å². The first-order chi connectivity index (χ1) is 16.8. The van der Waals surface area contributed by atoms with Crippen LogP contribution < -0.4 is 10.6 Å². The van der Waals surface area contributed by atoms with Gasteiger partial charge < -0.3 is 25.4 Å². The van der Waals surface area contributed by atoms with Gasteiger partial charge in [0.15, 0.2) is 0 Å². The van der Waals surface area contributed by atoms with E-state index >= 15 is 0 Å². The summed E-state index contributed by atoms with van der Waals surface area (Å²) in [6, 6.07) is 14.1. The molecule has 0 bridgehead atoms. The molecule has 2 aromatic carbocycles. The number of alkyl carbamates (subject to hydrolysis) is 1. The quantitative estimate of drug-likeness (QED) is 0.403. The van der Waals surface area contributed by atoms with Gasteiger partial charge in [-0.15, -0.1) is 6.58 Å². The van der Waals surface area contributed by atoms with E-state index in [0.29, 0.717) is 13.0 Å². The van der Waals surface area contributed by atoms with E-state index < -0.39 is 30.1 Å². The fourth-order valence-electron chi connectivity index (χ4n) is 4.25. The zero-order chi connectivity index (χ0) is 25.4. The lowest BCUT2D eigenvalue weighted by atomic mass is 9.98. The van der Waals surface area contributed by atoms with Crippen LogP contribution in [0.3, 0.4) is 0 Å². The Morgan fingerprint density at radius 1 is 1.00 bits per heavy atom. The third-order valence-electron chi connectivity index (χ3n) is 6.09. The molecule has 0 saturated carbocycles. The Hall–Kier alpha value is -3.65. The third-order valence-corrected chi connectivity index (χ3v) is 6.09. The third kappa shape index (κ3) is 6.70. The summed E-state index contributed by atoms with van der Waals surface area (Å²) in [5.74, 6) is -1.79. The number of nitrogens with one attached hydrogen (secondary N) is 2. The number of ether oxygens (including phenoxy) is 1. The van der Waals surface area contributed by atoms with Crippen molar-refractivity contribution in [1.82, 2.24) is 15.5 Å². The maximum atomic E-state index is 12.8. The molecule has 0 fully saturated rings. The summed E-state index contributed by atoms with van der Waals surface area (Å²) in [4.78, 5) is 38.9. The second kappa shape index (κ2) is 12.2. The molecule has 2 atom stereocenters. The van der Waals surface area contributed by atoms with Crippen LogP contribution in [0, 0.1) is 0 Å². The van der Waals surface area contributed by atoms with Crippen molar-refractivity contribution in [3.8, 4) is 11.1 Å². The minimum atomic E-state index is -1.12. The van der Waals surface area contributed by atoms with E-state index in [2.05, 4.69) is 29.3 Å². The zero-order valence-electron chi connectivity index (χ0n) is 20.2. The number of nitrogens with zero attached hydrogens (tertiary/aromatic N) is 1. The fraction of sp³-hybridized carbons (Fsp3) is 0.370. The minimum absolute atomic E-state index is 0.101. The molecular weight excluding hydrogens is 446 g/mol. The summed E-state index contributed by atoms with van der Waals surface area (Å²) in [6.07, 6.45) is 1.90. The van der Waals surface area contributed by atoms with Crippen molar-refractivity contribution in [2.75, 3.05) is 27.2 Å². The van der Waals surface area contributed by atoms with E-state index in [4.69, 9.17) is 4.74 Å². The monoisotopic (exact) mass is 479 g/mol. The normalized spacial score (nSPS) is 13.9. The maximum Gasteiger partial charge on any atom is 0.407 e. The van der Waals surface area contributed by atoms with Crippen LogP contribution in [0.5, 0.6) is 0 Å². The van der Waals surface area contributed by atoms with E-state index in [1.807, 2.05) is 55.4 Å². The number of hydrogen-bond acceptors (Lipinski definition) is 5. The molecule has 0 aliphatic heterocycles. The Balaban J connectivity index is 1.64. The number of benzene rings is 2. The minimum Gasteiger partial charge on any atom is -0.480 e. The second-order valence-corrected chi connectivity index (χ2v) is 8.88. The number of allylic oxidation sites excluding steroid dienone is 1. The summed E-state index contributed by atoms with van der Waals surface area (Å²) < 4.78 is 5.55. The van der Waals surface area contributed by atoms with Gasteiger partial charge in [0.05, 0.1) is 0 Å². The van der Waals surface area contributed by atoms with Gasteiger partial charge in [0.2, 0.25) is 5.91 Å². The maximum absolute atomic E-state index is 12.8. The lowest BCUT2D eigenvalue weighted by Crippen LogP contribution is -2.52. The molecule has 8 nitrogen and oxygen atoms in total. The van der Waals surface area contributed by atoms with Crippen LogP contribution >= 0.6 is 0 Å². The van der Waals surface area contributed by atoms with Crippen LogP contribution in [0.25, 0.3) is 11.1 Å². The number of carboxylic acid groups (broad SMARTS) is 1. The molecule has 0 heterocycles. The average Bonchev–Trinajstić information content (AvgIpc) is 3.16. The molecule has 8 heteroatoms. The molecule has 35 heavy (non-hydrogen) atoms. The van der Waals surface area contributed by atoms with E-state index in [1.54, 1.807) is 6.08 Å². The molecule has 2 aromatic rings. The number of carbonyl (C=O) groups is 3. The molecule has 3 N–H and O–H groups in total. The highest BCUT2D eigenvalue weighted by molar-refractivity contribution is 5.89. The molecule has 186 valence electrons. The molecule has 1 aliphatic carbocycles. The first-order valence-electron chi connectivity index (χ1n) is 11.7. The van der Waals surface area contributed by atoms with Gasteiger partial charge in [-0.25, -0.2) is 9.59 Å². The summed E-state index contributed by atoms with van der Waals surface area (Å²) in [5.41, 5.74) is 4.43. The Morgan fingerprint density at radius 2 is 1.60 bits per heavy atom. The van der Waals surface area contributed by atoms with Gasteiger partial charge >= 0.3 is 12.1 Å². The van der Waals surface area contributed by atoms with Crippen LogP contribution in [0.15, 0.2) is 61.2 Å². The number of carbonyl (C=O) groups excluding carboxylic acids is 2. The van der Waals surface area contributed by atoms with Crippen molar-refractivity contribution in [3.63, 3.8) is 0 Å². The predicted octanol–water partition coefficient (Wildman–Crippen LogP) is 3.38. The summed E-state index contributed by atoms with van der Waals surface area (Å²) in [7, 11) is 3.65. The summed E-state index contributed by atoms with van der Waals surface area (Å²) in [6.45, 7) is 4.28. The number of carboxylic acids is 1. The van der Waals surface area contributed by atoms with Gasteiger partial charge in [0.25, 0.3) is 0 Å². The molecule has 2 unspecified atom stereocenters. The molecule has 2 amide bonds. The highest BCUT2D eigenvalue weighted by Crippen LogP contribution is 2.44.